The van der Waals surface area contributed by atoms with Gasteiger partial charge in [0.2, 0.25) is 5.13 Å². The minimum absolute atomic E-state index is 0.216. The minimum Gasteiger partial charge on any atom is -0.394 e. The number of benzene rings is 1. The molecule has 6 nitrogen and oxygen atoms in total. The molecule has 0 aliphatic heterocycles. The number of hydrogen-bond acceptors (Lipinski definition) is 5. The summed E-state index contributed by atoms with van der Waals surface area (Å²) in [6.45, 7) is 1.84. The van der Waals surface area contributed by atoms with Crippen LogP contribution in [0.2, 0.25) is 5.02 Å². The number of carbonyl (C=O) groups is 1. The van der Waals surface area contributed by atoms with Crippen LogP contribution in [-0.2, 0) is 6.42 Å². The van der Waals surface area contributed by atoms with Crippen LogP contribution in [0.15, 0.2) is 24.3 Å². The zero-order valence-electron chi connectivity index (χ0n) is 12.0. The number of aliphatic hydroxyl groups excluding tert-OH is 1. The number of halogens is 1. The van der Waals surface area contributed by atoms with E-state index in [0.29, 0.717) is 10.2 Å². The molecule has 0 fully saturated rings. The van der Waals surface area contributed by atoms with Crippen LogP contribution >= 0.6 is 22.9 Å². The van der Waals surface area contributed by atoms with Crippen molar-refractivity contribution in [2.24, 2.45) is 0 Å². The summed E-state index contributed by atoms with van der Waals surface area (Å²) in [5.41, 5.74) is 0.769. The number of hydrogen-bond donors (Lipinski definition) is 3. The molecule has 0 radical (unpaired) electrons. The Morgan fingerprint density at radius 3 is 2.73 bits per heavy atom. The first-order chi connectivity index (χ1) is 10.6. The van der Waals surface area contributed by atoms with Crippen molar-refractivity contribution < 1.29 is 9.90 Å². The lowest BCUT2D eigenvalue weighted by atomic mass is 10.1. The van der Waals surface area contributed by atoms with Crippen molar-refractivity contribution in [1.29, 1.82) is 0 Å². The van der Waals surface area contributed by atoms with Gasteiger partial charge in [0.15, 0.2) is 0 Å². The van der Waals surface area contributed by atoms with Gasteiger partial charge in [-0.1, -0.05) is 42.0 Å². The number of aromatic nitrogens is 2. The molecule has 118 valence electrons. The number of anilines is 1. The molecule has 22 heavy (non-hydrogen) atoms. The standard InChI is InChI=1S/C14H17ClN4O2S/c1-2-3-12-18-19-14(22-12)17-13(21)16-11(8-20)9-4-6-10(15)7-5-9/h4-7,11,20H,2-3,8H2,1H3,(H2,16,17,19,21). The van der Waals surface area contributed by atoms with Crippen molar-refractivity contribution in [1.82, 2.24) is 15.5 Å². The van der Waals surface area contributed by atoms with E-state index < -0.39 is 12.1 Å². The Hall–Kier alpha value is -1.70. The number of rotatable bonds is 6. The average molecular weight is 341 g/mol. The molecular weight excluding hydrogens is 324 g/mol. The van der Waals surface area contributed by atoms with Crippen LogP contribution in [0.25, 0.3) is 0 Å². The van der Waals surface area contributed by atoms with Gasteiger partial charge in [-0.2, -0.15) is 0 Å². The van der Waals surface area contributed by atoms with Gasteiger partial charge in [0.05, 0.1) is 12.6 Å². The van der Waals surface area contributed by atoms with Crippen molar-refractivity contribution >= 4 is 34.1 Å². The van der Waals surface area contributed by atoms with Gasteiger partial charge in [-0.3, -0.25) is 5.32 Å². The van der Waals surface area contributed by atoms with E-state index in [4.69, 9.17) is 11.6 Å². The van der Waals surface area contributed by atoms with Gasteiger partial charge in [-0.15, -0.1) is 10.2 Å². The third kappa shape index (κ3) is 4.66. The van der Waals surface area contributed by atoms with Crippen LogP contribution in [0.3, 0.4) is 0 Å². The summed E-state index contributed by atoms with van der Waals surface area (Å²) in [6, 6.07) is 5.98. The van der Waals surface area contributed by atoms with Crippen molar-refractivity contribution in [3.05, 3.63) is 39.9 Å². The maximum absolute atomic E-state index is 12.0. The van der Waals surface area contributed by atoms with E-state index in [9.17, 15) is 9.90 Å². The van der Waals surface area contributed by atoms with E-state index in [1.54, 1.807) is 24.3 Å². The van der Waals surface area contributed by atoms with Gasteiger partial charge in [0, 0.05) is 11.4 Å². The first-order valence-electron chi connectivity index (χ1n) is 6.88. The maximum atomic E-state index is 12.0. The smallest absolute Gasteiger partial charge is 0.321 e. The second-order valence-corrected chi connectivity index (χ2v) is 6.13. The summed E-state index contributed by atoms with van der Waals surface area (Å²) in [6.07, 6.45) is 1.81. The molecule has 0 saturated carbocycles. The Bertz CT molecular complexity index is 618. The highest BCUT2D eigenvalue weighted by Gasteiger charge is 2.15. The Labute approximate surface area is 137 Å². The number of nitrogens with zero attached hydrogens (tertiary/aromatic N) is 2. The number of urea groups is 1. The zero-order chi connectivity index (χ0) is 15.9. The van der Waals surface area contributed by atoms with Crippen LogP contribution in [0.4, 0.5) is 9.93 Å². The summed E-state index contributed by atoms with van der Waals surface area (Å²) < 4.78 is 0. The number of aliphatic hydroxyl groups is 1. The zero-order valence-corrected chi connectivity index (χ0v) is 13.6. The van der Waals surface area contributed by atoms with Gasteiger partial charge in [-0.05, 0) is 24.1 Å². The number of amides is 2. The molecular formula is C14H17ClN4O2S. The molecule has 2 rings (SSSR count). The molecule has 1 aromatic heterocycles. The molecule has 2 amide bonds. The quantitative estimate of drug-likeness (QED) is 0.754. The number of nitrogens with one attached hydrogen (secondary N) is 2. The summed E-state index contributed by atoms with van der Waals surface area (Å²) >= 11 is 7.17. The largest absolute Gasteiger partial charge is 0.394 e. The van der Waals surface area contributed by atoms with Crippen LogP contribution in [0.1, 0.15) is 30.0 Å². The fourth-order valence-electron chi connectivity index (χ4n) is 1.84. The van der Waals surface area contributed by atoms with Crippen LogP contribution in [0.5, 0.6) is 0 Å². The van der Waals surface area contributed by atoms with E-state index in [-0.39, 0.29) is 6.61 Å². The fraction of sp³-hybridized carbons (Fsp3) is 0.357. The summed E-state index contributed by atoms with van der Waals surface area (Å²) in [4.78, 5) is 12.0. The predicted octanol–water partition coefficient (Wildman–Crippen LogP) is 3.00. The summed E-state index contributed by atoms with van der Waals surface area (Å²) in [7, 11) is 0. The molecule has 1 heterocycles. The van der Waals surface area contributed by atoms with Crippen LogP contribution in [-0.4, -0.2) is 27.9 Å². The predicted molar refractivity (Wildman–Crippen MR) is 87.3 cm³/mol. The highest BCUT2D eigenvalue weighted by atomic mass is 35.5. The SMILES string of the molecule is CCCc1nnc(NC(=O)NC(CO)c2ccc(Cl)cc2)s1. The molecule has 3 N–H and O–H groups in total. The van der Waals surface area contributed by atoms with Gasteiger partial charge in [0.1, 0.15) is 5.01 Å². The first-order valence-corrected chi connectivity index (χ1v) is 8.08. The molecule has 0 aliphatic carbocycles. The molecule has 1 atom stereocenters. The lowest BCUT2D eigenvalue weighted by molar-refractivity contribution is 0.225. The number of aryl methyl sites for hydroxylation is 1. The Morgan fingerprint density at radius 2 is 2.09 bits per heavy atom. The van der Waals surface area contributed by atoms with Gasteiger partial charge < -0.3 is 10.4 Å². The summed E-state index contributed by atoms with van der Waals surface area (Å²) in [5.74, 6) is 0. The van der Waals surface area contributed by atoms with Gasteiger partial charge >= 0.3 is 6.03 Å². The van der Waals surface area contributed by atoms with Crippen molar-refractivity contribution in [2.45, 2.75) is 25.8 Å². The first kappa shape index (κ1) is 16.7. The molecule has 0 aliphatic rings. The highest BCUT2D eigenvalue weighted by Crippen LogP contribution is 2.18. The van der Waals surface area contributed by atoms with Crippen LogP contribution < -0.4 is 10.6 Å². The molecule has 8 heteroatoms. The van der Waals surface area contributed by atoms with E-state index >= 15 is 0 Å². The average Bonchev–Trinajstić information content (AvgIpc) is 2.93. The fourth-order valence-corrected chi connectivity index (χ4v) is 2.80. The lowest BCUT2D eigenvalue weighted by Gasteiger charge is -2.16. The van der Waals surface area contributed by atoms with Gasteiger partial charge in [-0.25, -0.2) is 4.79 Å². The van der Waals surface area contributed by atoms with Gasteiger partial charge in [0.25, 0.3) is 0 Å². The van der Waals surface area contributed by atoms with E-state index in [1.807, 2.05) is 0 Å². The Morgan fingerprint density at radius 1 is 1.36 bits per heavy atom. The highest BCUT2D eigenvalue weighted by molar-refractivity contribution is 7.15. The van der Waals surface area contributed by atoms with E-state index in [2.05, 4.69) is 27.8 Å². The topological polar surface area (TPSA) is 87.1 Å². The molecule has 0 spiro atoms. The molecule has 0 bridgehead atoms. The molecule has 1 unspecified atom stereocenters. The third-order valence-electron chi connectivity index (χ3n) is 2.91. The van der Waals surface area contributed by atoms with Crippen molar-refractivity contribution in [2.75, 3.05) is 11.9 Å². The summed E-state index contributed by atoms with van der Waals surface area (Å²) in [5, 5.41) is 24.6. The van der Waals surface area contributed by atoms with Crippen LogP contribution in [0, 0.1) is 0 Å². The van der Waals surface area contributed by atoms with E-state index in [0.717, 1.165) is 23.4 Å². The third-order valence-corrected chi connectivity index (χ3v) is 4.06. The monoisotopic (exact) mass is 340 g/mol. The molecule has 0 saturated heterocycles. The normalized spacial score (nSPS) is 12.0. The minimum atomic E-state index is -0.514. The lowest BCUT2D eigenvalue weighted by Crippen LogP contribution is -2.34. The number of carbonyl (C=O) groups excluding carboxylic acids is 1. The second-order valence-electron chi connectivity index (χ2n) is 4.64. The van der Waals surface area contributed by atoms with Crippen molar-refractivity contribution in [3.63, 3.8) is 0 Å². The second kappa shape index (κ2) is 8.07. The Balaban J connectivity index is 1.95. The molecule has 2 aromatic rings. The maximum Gasteiger partial charge on any atom is 0.321 e. The van der Waals surface area contributed by atoms with Crippen molar-refractivity contribution in [3.8, 4) is 0 Å². The van der Waals surface area contributed by atoms with E-state index in [1.165, 1.54) is 11.3 Å². The molecule has 1 aromatic carbocycles. The Kier molecular flexibility index (Phi) is 6.11.